The molecule has 0 aliphatic carbocycles. The molecule has 0 aliphatic rings. The van der Waals surface area contributed by atoms with Crippen molar-refractivity contribution in [2.45, 2.75) is 13.3 Å². The van der Waals surface area contributed by atoms with Gasteiger partial charge in [-0.3, -0.25) is 4.79 Å². The first-order valence-corrected chi connectivity index (χ1v) is 9.58. The van der Waals surface area contributed by atoms with Crippen LogP contribution in [-0.4, -0.2) is 11.0 Å². The number of phenols is 1. The average molecular weight is 373 g/mol. The van der Waals surface area contributed by atoms with Gasteiger partial charge in [-0.2, -0.15) is 0 Å². The van der Waals surface area contributed by atoms with Gasteiger partial charge < -0.3 is 10.4 Å². The van der Waals surface area contributed by atoms with E-state index in [0.717, 1.165) is 20.5 Å². The monoisotopic (exact) mass is 373 g/mol. The van der Waals surface area contributed by atoms with Gasteiger partial charge in [-0.05, 0) is 60.2 Å². The van der Waals surface area contributed by atoms with E-state index in [2.05, 4.69) is 48.6 Å². The molecule has 3 nitrogen and oxygen atoms in total. The third kappa shape index (κ3) is 3.71. The molecule has 0 bridgehead atoms. The summed E-state index contributed by atoms with van der Waals surface area (Å²) in [6.45, 7) is 2.07. The number of fused-ring (bicyclic) bond motifs is 1. The van der Waals surface area contributed by atoms with Crippen LogP contribution in [0.25, 0.3) is 10.1 Å². The van der Waals surface area contributed by atoms with Crippen molar-refractivity contribution in [1.29, 1.82) is 0 Å². The van der Waals surface area contributed by atoms with Crippen molar-refractivity contribution in [3.05, 3.63) is 94.4 Å². The molecule has 4 heteroatoms. The summed E-state index contributed by atoms with van der Waals surface area (Å²) >= 11 is 1.52. The molecule has 0 saturated heterocycles. The minimum Gasteiger partial charge on any atom is -0.508 e. The quantitative estimate of drug-likeness (QED) is 0.447. The van der Waals surface area contributed by atoms with E-state index < -0.39 is 0 Å². The number of benzene rings is 3. The highest BCUT2D eigenvalue weighted by Gasteiger charge is 2.18. The summed E-state index contributed by atoms with van der Waals surface area (Å²) in [5, 5.41) is 13.5. The first kappa shape index (κ1) is 17.3. The molecule has 0 fully saturated rings. The highest BCUT2D eigenvalue weighted by Crippen LogP contribution is 2.33. The molecule has 27 heavy (non-hydrogen) atoms. The molecule has 3 aromatic carbocycles. The highest BCUT2D eigenvalue weighted by atomic mass is 32.1. The number of phenolic OH excluding ortho intramolecular Hbond substituents is 1. The number of rotatable bonds is 4. The average Bonchev–Trinajstić information content (AvgIpc) is 3.04. The molecule has 1 amide bonds. The standard InChI is InChI=1S/C23H19NO2S/c1-15-6-8-16(9-7-15)14-20-19-4-2-3-5-21(19)27-22(20)23(26)24-17-10-12-18(25)13-11-17/h2-13,25H,14H2,1H3,(H,24,26). The Labute approximate surface area is 161 Å². The second kappa shape index (κ2) is 7.25. The van der Waals surface area contributed by atoms with E-state index in [9.17, 15) is 9.90 Å². The summed E-state index contributed by atoms with van der Waals surface area (Å²) in [5.41, 5.74) is 4.12. The maximum Gasteiger partial charge on any atom is 0.266 e. The third-order valence-electron chi connectivity index (χ3n) is 4.53. The van der Waals surface area contributed by atoms with E-state index in [-0.39, 0.29) is 11.7 Å². The van der Waals surface area contributed by atoms with Crippen LogP contribution in [0.15, 0.2) is 72.8 Å². The molecule has 0 saturated carbocycles. The lowest BCUT2D eigenvalue weighted by molar-refractivity contribution is 0.103. The van der Waals surface area contributed by atoms with Gasteiger partial charge >= 0.3 is 0 Å². The summed E-state index contributed by atoms with van der Waals surface area (Å²) < 4.78 is 1.11. The lowest BCUT2D eigenvalue weighted by Gasteiger charge is -2.08. The Balaban J connectivity index is 1.71. The van der Waals surface area contributed by atoms with Gasteiger partial charge in [0.05, 0.1) is 4.88 Å². The number of amides is 1. The third-order valence-corrected chi connectivity index (χ3v) is 5.74. The van der Waals surface area contributed by atoms with Gasteiger partial charge in [0.25, 0.3) is 5.91 Å². The van der Waals surface area contributed by atoms with Crippen molar-refractivity contribution in [3.8, 4) is 5.75 Å². The maximum absolute atomic E-state index is 13.0. The molecule has 2 N–H and O–H groups in total. The second-order valence-electron chi connectivity index (χ2n) is 6.57. The zero-order valence-corrected chi connectivity index (χ0v) is 15.7. The normalized spacial score (nSPS) is 10.9. The number of aryl methyl sites for hydroxylation is 1. The first-order valence-electron chi connectivity index (χ1n) is 8.76. The Kier molecular flexibility index (Phi) is 4.65. The number of hydrogen-bond donors (Lipinski definition) is 2. The van der Waals surface area contributed by atoms with E-state index in [1.165, 1.54) is 22.5 Å². The van der Waals surface area contributed by atoms with Gasteiger partial charge in [-0.15, -0.1) is 11.3 Å². The van der Waals surface area contributed by atoms with Gasteiger partial charge in [0.1, 0.15) is 5.75 Å². The molecule has 0 radical (unpaired) electrons. The fraction of sp³-hybridized carbons (Fsp3) is 0.0870. The zero-order valence-electron chi connectivity index (χ0n) is 14.9. The predicted octanol–water partition coefficient (Wildman–Crippen LogP) is 5.76. The van der Waals surface area contributed by atoms with Crippen molar-refractivity contribution >= 4 is 33.0 Å². The number of thiophene rings is 1. The van der Waals surface area contributed by atoms with E-state index in [4.69, 9.17) is 0 Å². The van der Waals surface area contributed by atoms with E-state index in [1.807, 2.05) is 12.1 Å². The summed E-state index contributed by atoms with van der Waals surface area (Å²) in [4.78, 5) is 13.7. The summed E-state index contributed by atoms with van der Waals surface area (Å²) in [5.74, 6) is 0.0546. The van der Waals surface area contributed by atoms with Crippen molar-refractivity contribution in [2.75, 3.05) is 5.32 Å². The maximum atomic E-state index is 13.0. The molecule has 0 aliphatic heterocycles. The molecule has 0 unspecified atom stereocenters. The fourth-order valence-electron chi connectivity index (χ4n) is 3.10. The topological polar surface area (TPSA) is 49.3 Å². The second-order valence-corrected chi connectivity index (χ2v) is 7.62. The van der Waals surface area contributed by atoms with Crippen LogP contribution >= 0.6 is 11.3 Å². The highest BCUT2D eigenvalue weighted by molar-refractivity contribution is 7.21. The zero-order chi connectivity index (χ0) is 18.8. The number of anilines is 1. The Morgan fingerprint density at radius 3 is 2.41 bits per heavy atom. The molecule has 1 heterocycles. The lowest BCUT2D eigenvalue weighted by atomic mass is 10.0. The first-order chi connectivity index (χ1) is 13.1. The summed E-state index contributed by atoms with van der Waals surface area (Å²) in [7, 11) is 0. The van der Waals surface area contributed by atoms with Crippen LogP contribution in [0.4, 0.5) is 5.69 Å². The largest absolute Gasteiger partial charge is 0.508 e. The van der Waals surface area contributed by atoms with Gasteiger partial charge in [0, 0.05) is 10.4 Å². The molecule has 0 spiro atoms. The van der Waals surface area contributed by atoms with Crippen LogP contribution in [-0.2, 0) is 6.42 Å². The number of nitrogens with one attached hydrogen (secondary N) is 1. The van der Waals surface area contributed by atoms with Crippen molar-refractivity contribution in [1.82, 2.24) is 0 Å². The van der Waals surface area contributed by atoms with E-state index in [1.54, 1.807) is 24.3 Å². The Morgan fingerprint density at radius 1 is 0.963 bits per heavy atom. The Bertz CT molecular complexity index is 1100. The van der Waals surface area contributed by atoms with Crippen molar-refractivity contribution < 1.29 is 9.90 Å². The van der Waals surface area contributed by atoms with Crippen LogP contribution < -0.4 is 5.32 Å². The van der Waals surface area contributed by atoms with Gasteiger partial charge in [-0.1, -0.05) is 48.0 Å². The van der Waals surface area contributed by atoms with Crippen LogP contribution in [0.2, 0.25) is 0 Å². The summed E-state index contributed by atoms with van der Waals surface area (Å²) in [6, 6.07) is 23.1. The van der Waals surface area contributed by atoms with Crippen molar-refractivity contribution in [2.24, 2.45) is 0 Å². The lowest BCUT2D eigenvalue weighted by Crippen LogP contribution is -2.12. The summed E-state index contributed by atoms with van der Waals surface area (Å²) in [6.07, 6.45) is 0.711. The molecule has 1 aromatic heterocycles. The fourth-order valence-corrected chi connectivity index (χ4v) is 4.22. The predicted molar refractivity (Wildman–Crippen MR) is 112 cm³/mol. The van der Waals surface area contributed by atoms with Crippen LogP contribution in [0, 0.1) is 6.92 Å². The van der Waals surface area contributed by atoms with Gasteiger partial charge in [0.15, 0.2) is 0 Å². The number of carbonyl (C=O) groups excluding carboxylic acids is 1. The molecular weight excluding hydrogens is 354 g/mol. The minimum absolute atomic E-state index is 0.121. The Morgan fingerprint density at radius 2 is 1.67 bits per heavy atom. The molecular formula is C23H19NO2S. The van der Waals surface area contributed by atoms with Crippen LogP contribution in [0.3, 0.4) is 0 Å². The van der Waals surface area contributed by atoms with Crippen molar-refractivity contribution in [3.63, 3.8) is 0 Å². The number of hydrogen-bond acceptors (Lipinski definition) is 3. The van der Waals surface area contributed by atoms with Gasteiger partial charge in [0.2, 0.25) is 0 Å². The minimum atomic E-state index is -0.121. The van der Waals surface area contributed by atoms with E-state index in [0.29, 0.717) is 12.1 Å². The molecule has 134 valence electrons. The van der Waals surface area contributed by atoms with E-state index >= 15 is 0 Å². The SMILES string of the molecule is Cc1ccc(Cc2c(C(=O)Nc3ccc(O)cc3)sc3ccccc23)cc1. The number of carbonyl (C=O) groups is 1. The van der Waals surface area contributed by atoms with Gasteiger partial charge in [-0.25, -0.2) is 0 Å². The molecule has 4 aromatic rings. The molecule has 0 atom stereocenters. The number of aromatic hydroxyl groups is 1. The smallest absolute Gasteiger partial charge is 0.266 e. The van der Waals surface area contributed by atoms with Crippen LogP contribution in [0.1, 0.15) is 26.4 Å². The molecule has 4 rings (SSSR count). The Hall–Kier alpha value is -3.11. The van der Waals surface area contributed by atoms with Crippen LogP contribution in [0.5, 0.6) is 5.75 Å².